The van der Waals surface area contributed by atoms with E-state index < -0.39 is 5.60 Å². The molecule has 0 amide bonds. The predicted octanol–water partition coefficient (Wildman–Crippen LogP) is 0.833. The van der Waals surface area contributed by atoms with Gasteiger partial charge >= 0.3 is 0 Å². The van der Waals surface area contributed by atoms with Gasteiger partial charge in [-0.2, -0.15) is 0 Å². The molecule has 4 heteroatoms. The minimum Gasteiger partial charge on any atom is -0.389 e. The normalized spacial score (nSPS) is 21.5. The Morgan fingerprint density at radius 3 is 2.71 bits per heavy atom. The maximum absolute atomic E-state index is 9.91. The van der Waals surface area contributed by atoms with Crippen LogP contribution < -0.4 is 5.73 Å². The Labute approximate surface area is 105 Å². The van der Waals surface area contributed by atoms with E-state index in [1.807, 2.05) is 0 Å². The maximum Gasteiger partial charge on any atom is 0.0756 e. The molecule has 0 bridgehead atoms. The zero-order chi connectivity index (χ0) is 12.9. The van der Waals surface area contributed by atoms with Crippen molar-refractivity contribution in [2.24, 2.45) is 11.7 Å². The summed E-state index contributed by atoms with van der Waals surface area (Å²) in [6.45, 7) is 6.83. The molecule has 2 atom stereocenters. The molecule has 0 aliphatic heterocycles. The third-order valence-corrected chi connectivity index (χ3v) is 3.57. The number of aliphatic hydroxyl groups is 1. The Morgan fingerprint density at radius 2 is 2.18 bits per heavy atom. The summed E-state index contributed by atoms with van der Waals surface area (Å²) in [5.74, 6) is 0.829. The molecule has 4 nitrogen and oxygen atoms in total. The highest BCUT2D eigenvalue weighted by molar-refractivity contribution is 4.79. The summed E-state index contributed by atoms with van der Waals surface area (Å²) < 4.78 is 5.61. The maximum atomic E-state index is 9.91. The van der Waals surface area contributed by atoms with E-state index in [1.165, 1.54) is 12.8 Å². The van der Waals surface area contributed by atoms with Crippen LogP contribution in [0.5, 0.6) is 0 Å². The third kappa shape index (κ3) is 6.36. The Kier molecular flexibility index (Phi) is 5.86. The highest BCUT2D eigenvalue weighted by Crippen LogP contribution is 2.28. The topological polar surface area (TPSA) is 58.7 Å². The van der Waals surface area contributed by atoms with E-state index in [0.29, 0.717) is 19.0 Å². The molecule has 0 radical (unpaired) electrons. The molecule has 1 aliphatic carbocycles. The average Bonchev–Trinajstić information content (AvgIpc) is 3.07. The van der Waals surface area contributed by atoms with E-state index in [9.17, 15) is 5.11 Å². The Hall–Kier alpha value is -0.160. The third-order valence-electron chi connectivity index (χ3n) is 3.57. The second-order valence-electron chi connectivity index (χ2n) is 5.75. The molecule has 1 rings (SSSR count). The van der Waals surface area contributed by atoms with Gasteiger partial charge in [0.1, 0.15) is 0 Å². The molecular weight excluding hydrogens is 216 g/mol. The largest absolute Gasteiger partial charge is 0.389 e. The summed E-state index contributed by atoms with van der Waals surface area (Å²) in [6, 6.07) is 0.318. The van der Waals surface area contributed by atoms with Gasteiger partial charge in [0, 0.05) is 25.7 Å². The minimum atomic E-state index is -0.761. The number of nitrogens with zero attached hydrogens (tertiary/aromatic N) is 1. The highest BCUT2D eigenvalue weighted by atomic mass is 16.5. The van der Waals surface area contributed by atoms with Gasteiger partial charge < -0.3 is 20.5 Å². The van der Waals surface area contributed by atoms with Crippen LogP contribution in [0.2, 0.25) is 0 Å². The van der Waals surface area contributed by atoms with Gasteiger partial charge in [-0.3, -0.25) is 0 Å². The first-order valence-electron chi connectivity index (χ1n) is 6.65. The van der Waals surface area contributed by atoms with Gasteiger partial charge in [-0.05, 0) is 46.1 Å². The molecule has 1 fully saturated rings. The molecule has 1 aliphatic rings. The monoisotopic (exact) mass is 244 g/mol. The second kappa shape index (κ2) is 6.69. The molecule has 0 aromatic carbocycles. The van der Waals surface area contributed by atoms with Crippen LogP contribution in [0.25, 0.3) is 0 Å². The van der Waals surface area contributed by atoms with Crippen molar-refractivity contribution in [3.8, 4) is 0 Å². The van der Waals surface area contributed by atoms with Gasteiger partial charge in [-0.15, -0.1) is 0 Å². The summed E-state index contributed by atoms with van der Waals surface area (Å²) in [7, 11) is 2.07. The number of hydrogen-bond acceptors (Lipinski definition) is 4. The summed E-state index contributed by atoms with van der Waals surface area (Å²) in [4.78, 5) is 2.22. The quantitative estimate of drug-likeness (QED) is 0.590. The van der Waals surface area contributed by atoms with Crippen LogP contribution >= 0.6 is 0 Å². The molecule has 2 unspecified atom stereocenters. The van der Waals surface area contributed by atoms with Gasteiger partial charge in [0.25, 0.3) is 0 Å². The Balaban J connectivity index is 2.09. The molecular formula is C13H28N2O2. The lowest BCUT2D eigenvalue weighted by Gasteiger charge is -2.31. The lowest BCUT2D eigenvalue weighted by Crippen LogP contribution is -2.43. The van der Waals surface area contributed by atoms with Crippen LogP contribution in [0.4, 0.5) is 0 Å². The van der Waals surface area contributed by atoms with Gasteiger partial charge in [0.15, 0.2) is 0 Å². The van der Waals surface area contributed by atoms with Crippen molar-refractivity contribution >= 4 is 0 Å². The standard InChI is InChI=1S/C13H28N2O2/c1-11(8-13(2,16)10-14)15(3)6-7-17-9-12-4-5-12/h11-12,16H,4-10,14H2,1-3H3. The molecule has 1 saturated carbocycles. The number of ether oxygens (including phenoxy) is 1. The zero-order valence-corrected chi connectivity index (χ0v) is 11.5. The zero-order valence-electron chi connectivity index (χ0n) is 11.5. The van der Waals surface area contributed by atoms with Crippen LogP contribution in [0, 0.1) is 5.92 Å². The van der Waals surface area contributed by atoms with Crippen molar-refractivity contribution in [3.05, 3.63) is 0 Å². The molecule has 0 saturated heterocycles. The average molecular weight is 244 g/mol. The predicted molar refractivity (Wildman–Crippen MR) is 69.9 cm³/mol. The summed E-state index contributed by atoms with van der Waals surface area (Å²) in [6.07, 6.45) is 3.37. The fourth-order valence-electron chi connectivity index (χ4n) is 1.84. The molecule has 0 spiro atoms. The summed E-state index contributed by atoms with van der Waals surface area (Å²) in [5, 5.41) is 9.91. The van der Waals surface area contributed by atoms with Crippen LogP contribution in [-0.4, -0.2) is 55.0 Å². The Morgan fingerprint density at radius 1 is 1.53 bits per heavy atom. The van der Waals surface area contributed by atoms with E-state index >= 15 is 0 Å². The van der Waals surface area contributed by atoms with E-state index in [0.717, 1.165) is 25.7 Å². The van der Waals surface area contributed by atoms with Crippen LogP contribution in [0.1, 0.15) is 33.1 Å². The van der Waals surface area contributed by atoms with E-state index in [-0.39, 0.29) is 0 Å². The first kappa shape index (κ1) is 14.9. The molecule has 0 aromatic heterocycles. The molecule has 102 valence electrons. The van der Waals surface area contributed by atoms with Crippen LogP contribution in [0.15, 0.2) is 0 Å². The van der Waals surface area contributed by atoms with Gasteiger partial charge in [0.2, 0.25) is 0 Å². The molecule has 0 heterocycles. The number of rotatable bonds is 9. The minimum absolute atomic E-state index is 0.309. The first-order chi connectivity index (χ1) is 7.94. The second-order valence-corrected chi connectivity index (χ2v) is 5.75. The molecule has 17 heavy (non-hydrogen) atoms. The van der Waals surface area contributed by atoms with Gasteiger partial charge in [0.05, 0.1) is 12.2 Å². The van der Waals surface area contributed by atoms with Gasteiger partial charge in [-0.1, -0.05) is 0 Å². The number of likely N-dealkylation sites (N-methyl/N-ethyl adjacent to an activating group) is 1. The smallest absolute Gasteiger partial charge is 0.0756 e. The van der Waals surface area contributed by atoms with Crippen LogP contribution in [0.3, 0.4) is 0 Å². The number of nitrogens with two attached hydrogens (primary N) is 1. The van der Waals surface area contributed by atoms with Crippen LogP contribution in [-0.2, 0) is 4.74 Å². The van der Waals surface area contributed by atoms with Crippen molar-refractivity contribution in [1.29, 1.82) is 0 Å². The fourth-order valence-corrected chi connectivity index (χ4v) is 1.84. The Bertz CT molecular complexity index is 217. The highest BCUT2D eigenvalue weighted by Gasteiger charge is 2.24. The van der Waals surface area contributed by atoms with Gasteiger partial charge in [-0.25, -0.2) is 0 Å². The summed E-state index contributed by atoms with van der Waals surface area (Å²) in [5.41, 5.74) is 4.76. The van der Waals surface area contributed by atoms with Crippen molar-refractivity contribution in [1.82, 2.24) is 4.90 Å². The van der Waals surface area contributed by atoms with E-state index in [1.54, 1.807) is 6.92 Å². The van der Waals surface area contributed by atoms with Crippen molar-refractivity contribution < 1.29 is 9.84 Å². The van der Waals surface area contributed by atoms with Crippen molar-refractivity contribution in [2.75, 3.05) is 33.4 Å². The van der Waals surface area contributed by atoms with Crippen molar-refractivity contribution in [3.63, 3.8) is 0 Å². The molecule has 0 aromatic rings. The van der Waals surface area contributed by atoms with E-state index in [4.69, 9.17) is 10.5 Å². The molecule has 3 N–H and O–H groups in total. The van der Waals surface area contributed by atoms with Crippen molar-refractivity contribution in [2.45, 2.75) is 44.8 Å². The lowest BCUT2D eigenvalue weighted by atomic mass is 9.97. The fraction of sp³-hybridized carbons (Fsp3) is 1.00. The summed E-state index contributed by atoms with van der Waals surface area (Å²) >= 11 is 0. The van der Waals surface area contributed by atoms with E-state index in [2.05, 4.69) is 18.9 Å². The lowest BCUT2D eigenvalue weighted by molar-refractivity contribution is 0.0258. The SMILES string of the molecule is CC(CC(C)(O)CN)N(C)CCOCC1CC1. The first-order valence-corrected chi connectivity index (χ1v) is 6.65. The number of hydrogen-bond donors (Lipinski definition) is 2.